The van der Waals surface area contributed by atoms with Crippen LogP contribution in [0.25, 0.3) is 0 Å². The van der Waals surface area contributed by atoms with E-state index in [-0.39, 0.29) is 31.3 Å². The van der Waals surface area contributed by atoms with E-state index in [0.717, 1.165) is 37.2 Å². The lowest BCUT2D eigenvalue weighted by Gasteiger charge is -2.26. The van der Waals surface area contributed by atoms with Crippen molar-refractivity contribution < 1.29 is 14.4 Å². The van der Waals surface area contributed by atoms with E-state index >= 15 is 0 Å². The third-order valence-corrected chi connectivity index (χ3v) is 5.80. The number of nitrogens with zero attached hydrogens (tertiary/aromatic N) is 6. The van der Waals surface area contributed by atoms with Gasteiger partial charge >= 0.3 is 5.97 Å². The van der Waals surface area contributed by atoms with Crippen LogP contribution in [0.2, 0.25) is 0 Å². The number of anilines is 1. The Bertz CT molecular complexity index is 1050. The molecule has 9 heteroatoms. The maximum absolute atomic E-state index is 13.2. The first-order valence-corrected chi connectivity index (χ1v) is 11.8. The van der Waals surface area contributed by atoms with Crippen molar-refractivity contribution in [3.63, 3.8) is 0 Å². The van der Waals surface area contributed by atoms with Gasteiger partial charge in [0.2, 0.25) is 5.91 Å². The molecule has 0 spiro atoms. The number of piperidine rings is 1. The van der Waals surface area contributed by atoms with Gasteiger partial charge in [-0.05, 0) is 41.0 Å². The second-order valence-corrected chi connectivity index (χ2v) is 8.32. The van der Waals surface area contributed by atoms with Crippen LogP contribution in [-0.2, 0) is 27.4 Å². The average molecular weight is 463 g/mol. The van der Waals surface area contributed by atoms with Gasteiger partial charge < -0.3 is 9.74 Å². The zero-order valence-electron chi connectivity index (χ0n) is 19.3. The minimum absolute atomic E-state index is 0.0915. The lowest BCUT2D eigenvalue weighted by atomic mass is 10.2. The Labute approximate surface area is 199 Å². The number of benzene rings is 2. The number of para-hydroxylation sites is 1. The Balaban J connectivity index is 1.36. The van der Waals surface area contributed by atoms with Crippen LogP contribution in [0.15, 0.2) is 60.7 Å². The van der Waals surface area contributed by atoms with Crippen LogP contribution in [0, 0.1) is 0 Å². The Morgan fingerprint density at radius 2 is 1.62 bits per heavy atom. The number of rotatable bonds is 10. The Hall–Kier alpha value is -3.59. The van der Waals surface area contributed by atoms with Gasteiger partial charge in [-0.3, -0.25) is 9.59 Å². The topological polar surface area (TPSA) is 93.5 Å². The highest BCUT2D eigenvalue weighted by Gasteiger charge is 2.21. The number of hydrogen-bond acceptors (Lipinski definition) is 7. The monoisotopic (exact) mass is 462 g/mol. The zero-order chi connectivity index (χ0) is 23.6. The minimum atomic E-state index is -0.317. The Kier molecular flexibility index (Phi) is 8.34. The van der Waals surface area contributed by atoms with E-state index in [1.807, 2.05) is 60.7 Å². The molecular formula is C25H30N6O3. The lowest BCUT2D eigenvalue weighted by molar-refractivity contribution is -0.194. The van der Waals surface area contributed by atoms with Gasteiger partial charge in [-0.25, -0.2) is 4.68 Å². The molecule has 1 fully saturated rings. The first-order chi connectivity index (χ1) is 16.7. The van der Waals surface area contributed by atoms with Gasteiger partial charge in [0.1, 0.15) is 0 Å². The van der Waals surface area contributed by atoms with E-state index in [9.17, 15) is 9.59 Å². The van der Waals surface area contributed by atoms with Crippen molar-refractivity contribution in [1.29, 1.82) is 0 Å². The van der Waals surface area contributed by atoms with Crippen LogP contribution in [0.5, 0.6) is 0 Å². The number of aromatic nitrogens is 4. The standard InChI is InChI=1S/C25H30N6O3/c32-24(15-14-23-26-27-28-31(23)20-21-10-4-1-5-11-21)30(22-12-6-2-7-13-22)19-16-25(33)34-29-17-8-3-9-18-29/h1-2,4-7,10-13H,3,8-9,14-20H2. The third-order valence-electron chi connectivity index (χ3n) is 5.80. The van der Waals surface area contributed by atoms with Gasteiger partial charge in [0.05, 0.1) is 13.0 Å². The maximum atomic E-state index is 13.2. The molecule has 1 aliphatic heterocycles. The van der Waals surface area contributed by atoms with Gasteiger partial charge in [-0.1, -0.05) is 55.0 Å². The van der Waals surface area contributed by atoms with Crippen LogP contribution in [0.4, 0.5) is 5.69 Å². The molecule has 0 N–H and O–H groups in total. The average Bonchev–Trinajstić information content (AvgIpc) is 3.31. The van der Waals surface area contributed by atoms with Gasteiger partial charge in [0, 0.05) is 38.2 Å². The van der Waals surface area contributed by atoms with E-state index in [0.29, 0.717) is 18.8 Å². The fourth-order valence-electron chi connectivity index (χ4n) is 3.99. The summed E-state index contributed by atoms with van der Waals surface area (Å²) in [5.41, 5.74) is 1.84. The van der Waals surface area contributed by atoms with Gasteiger partial charge in [-0.2, -0.15) is 0 Å². The quantitative estimate of drug-likeness (QED) is 0.457. The third kappa shape index (κ3) is 6.71. The Morgan fingerprint density at radius 1 is 0.912 bits per heavy atom. The first-order valence-electron chi connectivity index (χ1n) is 11.8. The molecule has 1 saturated heterocycles. The molecule has 34 heavy (non-hydrogen) atoms. The van der Waals surface area contributed by atoms with Crippen LogP contribution < -0.4 is 4.90 Å². The number of tetrazole rings is 1. The summed E-state index contributed by atoms with van der Waals surface area (Å²) in [6, 6.07) is 19.3. The molecule has 0 radical (unpaired) electrons. The van der Waals surface area contributed by atoms with Gasteiger partial charge in [-0.15, -0.1) is 10.2 Å². The molecule has 1 amide bonds. The highest BCUT2D eigenvalue weighted by Crippen LogP contribution is 2.17. The van der Waals surface area contributed by atoms with Gasteiger partial charge in [0.25, 0.3) is 0 Å². The smallest absolute Gasteiger partial charge is 0.326 e. The number of aryl methyl sites for hydroxylation is 1. The van der Waals surface area contributed by atoms with Crippen molar-refractivity contribution in [2.45, 2.75) is 45.1 Å². The molecule has 3 aromatic rings. The Morgan fingerprint density at radius 3 is 2.35 bits per heavy atom. The molecule has 178 valence electrons. The van der Waals surface area contributed by atoms with Crippen molar-refractivity contribution in [2.24, 2.45) is 0 Å². The first kappa shape index (κ1) is 23.6. The zero-order valence-corrected chi connectivity index (χ0v) is 19.3. The highest BCUT2D eigenvalue weighted by atomic mass is 16.7. The molecule has 2 aromatic carbocycles. The summed E-state index contributed by atoms with van der Waals surface area (Å²) < 4.78 is 1.71. The number of carbonyl (C=O) groups is 2. The number of carbonyl (C=O) groups excluding carboxylic acids is 2. The molecule has 0 atom stereocenters. The van der Waals surface area contributed by atoms with E-state index in [4.69, 9.17) is 4.84 Å². The number of amides is 1. The van der Waals surface area contributed by atoms with Crippen LogP contribution in [0.1, 0.15) is 43.5 Å². The minimum Gasteiger partial charge on any atom is -0.368 e. The number of hydroxylamine groups is 2. The van der Waals surface area contributed by atoms with Crippen molar-refractivity contribution in [3.05, 3.63) is 72.1 Å². The second-order valence-electron chi connectivity index (χ2n) is 8.32. The lowest BCUT2D eigenvalue weighted by Crippen LogP contribution is -2.36. The molecule has 4 rings (SSSR count). The molecule has 2 heterocycles. The molecule has 0 saturated carbocycles. The van der Waals surface area contributed by atoms with Crippen molar-refractivity contribution >= 4 is 17.6 Å². The summed E-state index contributed by atoms with van der Waals surface area (Å²) >= 11 is 0. The van der Waals surface area contributed by atoms with Gasteiger partial charge in [0.15, 0.2) is 5.82 Å². The summed E-state index contributed by atoms with van der Waals surface area (Å²) in [6.45, 7) is 2.34. The van der Waals surface area contributed by atoms with Crippen LogP contribution in [-0.4, -0.2) is 56.8 Å². The van der Waals surface area contributed by atoms with E-state index in [1.54, 1.807) is 14.6 Å². The maximum Gasteiger partial charge on any atom is 0.326 e. The highest BCUT2D eigenvalue weighted by molar-refractivity contribution is 5.93. The van der Waals surface area contributed by atoms with Crippen molar-refractivity contribution in [2.75, 3.05) is 24.5 Å². The van der Waals surface area contributed by atoms with Crippen LogP contribution >= 0.6 is 0 Å². The molecule has 0 unspecified atom stereocenters. The van der Waals surface area contributed by atoms with Crippen molar-refractivity contribution in [3.8, 4) is 0 Å². The molecule has 1 aliphatic rings. The largest absolute Gasteiger partial charge is 0.368 e. The molecule has 0 bridgehead atoms. The fraction of sp³-hybridized carbons (Fsp3) is 0.400. The fourth-order valence-corrected chi connectivity index (χ4v) is 3.99. The number of hydrogen-bond donors (Lipinski definition) is 0. The normalized spacial score (nSPS) is 14.0. The SMILES string of the molecule is O=C(CCN(C(=O)CCc1nnnn1Cc1ccccc1)c1ccccc1)ON1CCCCC1. The summed E-state index contributed by atoms with van der Waals surface area (Å²) in [6.07, 6.45) is 3.99. The predicted molar refractivity (Wildman–Crippen MR) is 127 cm³/mol. The van der Waals surface area contributed by atoms with Crippen molar-refractivity contribution in [1.82, 2.24) is 25.3 Å². The summed E-state index contributed by atoms with van der Waals surface area (Å²) in [5, 5.41) is 13.7. The molecule has 9 nitrogen and oxygen atoms in total. The van der Waals surface area contributed by atoms with Crippen LogP contribution in [0.3, 0.4) is 0 Å². The predicted octanol–water partition coefficient (Wildman–Crippen LogP) is 3.02. The molecule has 1 aromatic heterocycles. The van der Waals surface area contributed by atoms with E-state index < -0.39 is 0 Å². The molecule has 0 aliphatic carbocycles. The second kappa shape index (κ2) is 12.0. The summed E-state index contributed by atoms with van der Waals surface area (Å²) in [5.74, 6) is 0.239. The summed E-state index contributed by atoms with van der Waals surface area (Å²) in [4.78, 5) is 32.7. The summed E-state index contributed by atoms with van der Waals surface area (Å²) in [7, 11) is 0. The van der Waals surface area contributed by atoms with E-state index in [2.05, 4.69) is 15.5 Å². The van der Waals surface area contributed by atoms with E-state index in [1.165, 1.54) is 6.42 Å². The molecular weight excluding hydrogens is 432 g/mol.